The molecule has 4 rings (SSSR count). The van der Waals surface area contributed by atoms with E-state index in [1.807, 2.05) is 13.8 Å². The number of carbonyl (C=O) groups is 1. The number of cyclic esters (lactones) is 1. The van der Waals surface area contributed by atoms with Gasteiger partial charge in [-0.15, -0.1) is 0 Å². The molecule has 0 bridgehead atoms. The Balaban J connectivity index is 1.78. The molecule has 0 unspecified atom stereocenters. The number of halogens is 10. The minimum absolute atomic E-state index is 0.0559. The van der Waals surface area contributed by atoms with E-state index in [-0.39, 0.29) is 33.8 Å². The van der Waals surface area contributed by atoms with Gasteiger partial charge in [0.2, 0.25) is 0 Å². The lowest BCUT2D eigenvalue weighted by Gasteiger charge is -2.24. The SMILES string of the molecule is CC(C)c1ccc(Cl)c(-c2ccc(C(F)(F)F)cc2CN2C(=O)O[C@H](c3cc(C(F)(F)F)cc(C(F)(F)F)c3)[C@@H]2C)n1. The van der Waals surface area contributed by atoms with Crippen molar-refractivity contribution >= 4 is 17.7 Å². The van der Waals surface area contributed by atoms with E-state index < -0.39 is 65.6 Å². The molecule has 1 fully saturated rings. The molecule has 0 radical (unpaired) electrons. The highest BCUT2D eigenvalue weighted by Crippen LogP contribution is 2.42. The summed E-state index contributed by atoms with van der Waals surface area (Å²) in [6, 6.07) is 5.58. The van der Waals surface area contributed by atoms with E-state index in [1.54, 1.807) is 6.07 Å². The van der Waals surface area contributed by atoms with Crippen LogP contribution in [0.1, 0.15) is 66.3 Å². The molecule has 1 aliphatic rings. The molecule has 0 aliphatic carbocycles. The second kappa shape index (κ2) is 11.0. The number of hydrogen-bond acceptors (Lipinski definition) is 3. The minimum Gasteiger partial charge on any atom is -0.439 e. The third-order valence-electron chi connectivity index (χ3n) is 6.82. The Morgan fingerprint density at radius 1 is 0.857 bits per heavy atom. The molecule has 4 nitrogen and oxygen atoms in total. The predicted octanol–water partition coefficient (Wildman–Crippen LogP) is 9.66. The zero-order chi connectivity index (χ0) is 31.4. The van der Waals surface area contributed by atoms with Crippen LogP contribution in [0.3, 0.4) is 0 Å². The Morgan fingerprint density at radius 2 is 1.43 bits per heavy atom. The molecular weight excluding hydrogens is 603 g/mol. The summed E-state index contributed by atoms with van der Waals surface area (Å²) in [7, 11) is 0. The first-order valence-electron chi connectivity index (χ1n) is 12.4. The number of alkyl halides is 9. The Bertz CT molecular complexity index is 1470. The van der Waals surface area contributed by atoms with Crippen LogP contribution in [0.2, 0.25) is 5.02 Å². The van der Waals surface area contributed by atoms with Crippen molar-refractivity contribution in [3.8, 4) is 11.3 Å². The van der Waals surface area contributed by atoms with Gasteiger partial charge in [0, 0.05) is 11.3 Å². The number of hydrogen-bond donors (Lipinski definition) is 0. The van der Waals surface area contributed by atoms with E-state index in [0.29, 0.717) is 17.8 Å². The second-order valence-electron chi connectivity index (χ2n) is 10.1. The third kappa shape index (κ3) is 6.45. The van der Waals surface area contributed by atoms with Crippen molar-refractivity contribution in [2.45, 2.75) is 63.9 Å². The number of amides is 1. The number of pyridine rings is 1. The summed E-state index contributed by atoms with van der Waals surface area (Å²) in [6.45, 7) is 4.45. The molecule has 226 valence electrons. The van der Waals surface area contributed by atoms with Crippen molar-refractivity contribution in [2.75, 3.05) is 0 Å². The lowest BCUT2D eigenvalue weighted by atomic mass is 9.96. The fourth-order valence-corrected chi connectivity index (χ4v) is 4.79. The van der Waals surface area contributed by atoms with Gasteiger partial charge in [0.15, 0.2) is 0 Å². The maximum Gasteiger partial charge on any atom is 0.416 e. The quantitative estimate of drug-likeness (QED) is 0.266. The molecule has 14 heteroatoms. The molecule has 1 aromatic heterocycles. The van der Waals surface area contributed by atoms with Gasteiger partial charge in [-0.05, 0) is 66.4 Å². The summed E-state index contributed by atoms with van der Waals surface area (Å²) in [5.41, 5.74) is -4.02. The number of ether oxygens (including phenoxy) is 1. The second-order valence-corrected chi connectivity index (χ2v) is 10.5. The summed E-state index contributed by atoms with van der Waals surface area (Å²) in [5.74, 6) is -0.0673. The zero-order valence-corrected chi connectivity index (χ0v) is 22.8. The third-order valence-corrected chi connectivity index (χ3v) is 7.12. The molecule has 1 amide bonds. The van der Waals surface area contributed by atoms with Crippen molar-refractivity contribution in [3.63, 3.8) is 0 Å². The molecule has 2 heterocycles. The average Bonchev–Trinajstić information content (AvgIpc) is 3.15. The minimum atomic E-state index is -5.13. The van der Waals surface area contributed by atoms with Crippen molar-refractivity contribution in [1.29, 1.82) is 0 Å². The van der Waals surface area contributed by atoms with Gasteiger partial charge in [-0.2, -0.15) is 39.5 Å². The summed E-state index contributed by atoms with van der Waals surface area (Å²) in [6.07, 6.45) is -17.8. The summed E-state index contributed by atoms with van der Waals surface area (Å²) in [4.78, 5) is 18.3. The van der Waals surface area contributed by atoms with Crippen LogP contribution in [-0.4, -0.2) is 22.0 Å². The van der Waals surface area contributed by atoms with Crippen LogP contribution in [0.5, 0.6) is 0 Å². The maximum atomic E-state index is 13.6. The summed E-state index contributed by atoms with van der Waals surface area (Å²) < 4.78 is 127. The number of nitrogens with zero attached hydrogens (tertiary/aromatic N) is 2. The topological polar surface area (TPSA) is 42.4 Å². The smallest absolute Gasteiger partial charge is 0.416 e. The molecule has 0 N–H and O–H groups in total. The van der Waals surface area contributed by atoms with Crippen molar-refractivity contribution in [1.82, 2.24) is 9.88 Å². The van der Waals surface area contributed by atoms with E-state index in [2.05, 4.69) is 4.98 Å². The Morgan fingerprint density at radius 3 is 1.95 bits per heavy atom. The highest BCUT2D eigenvalue weighted by molar-refractivity contribution is 6.33. The first-order valence-corrected chi connectivity index (χ1v) is 12.8. The summed E-state index contributed by atoms with van der Waals surface area (Å²) >= 11 is 6.34. The van der Waals surface area contributed by atoms with Gasteiger partial charge in [0.1, 0.15) is 6.10 Å². The van der Waals surface area contributed by atoms with Crippen LogP contribution in [0.25, 0.3) is 11.3 Å². The van der Waals surface area contributed by atoms with Gasteiger partial charge in [-0.1, -0.05) is 31.5 Å². The zero-order valence-electron chi connectivity index (χ0n) is 22.0. The van der Waals surface area contributed by atoms with Crippen LogP contribution < -0.4 is 0 Å². The monoisotopic (exact) mass is 624 g/mol. The van der Waals surface area contributed by atoms with Gasteiger partial charge in [0.05, 0.1) is 40.0 Å². The van der Waals surface area contributed by atoms with Crippen molar-refractivity contribution in [3.05, 3.63) is 87.1 Å². The number of benzene rings is 2. The number of aromatic nitrogens is 1. The van der Waals surface area contributed by atoms with Gasteiger partial charge < -0.3 is 4.74 Å². The van der Waals surface area contributed by atoms with Crippen LogP contribution in [0.4, 0.5) is 44.3 Å². The standard InChI is InChI=1S/C28H22ClF9N2O2/c1-13(2)22-7-6-21(29)23(39-22)20-5-4-17(26(30,31)32)10-16(20)12-40-14(3)24(42-25(40)41)15-8-18(27(33,34)35)11-19(9-15)28(36,37)38/h4-11,13-14,24H,12H2,1-3H3/t14-,24-/m0/s1. The molecule has 1 aliphatic heterocycles. The largest absolute Gasteiger partial charge is 0.439 e. The fraction of sp³-hybridized carbons (Fsp3) is 0.357. The van der Waals surface area contributed by atoms with Crippen molar-refractivity contribution < 1.29 is 49.0 Å². The molecular formula is C28H22ClF9N2O2. The molecule has 0 saturated carbocycles. The molecule has 2 atom stereocenters. The van der Waals surface area contributed by atoms with Gasteiger partial charge in [-0.3, -0.25) is 9.88 Å². The molecule has 1 saturated heterocycles. The first kappa shape index (κ1) is 31.5. The summed E-state index contributed by atoms with van der Waals surface area (Å²) in [5, 5.41) is 0.110. The Kier molecular flexibility index (Phi) is 8.22. The van der Waals surface area contributed by atoms with E-state index in [9.17, 15) is 44.3 Å². The molecule has 42 heavy (non-hydrogen) atoms. The van der Waals surface area contributed by atoms with Crippen LogP contribution in [0.15, 0.2) is 48.5 Å². The molecule has 2 aromatic carbocycles. The van der Waals surface area contributed by atoms with Crippen LogP contribution in [0, 0.1) is 0 Å². The van der Waals surface area contributed by atoms with Crippen LogP contribution in [-0.2, 0) is 29.8 Å². The Hall–Kier alpha value is -3.48. The van der Waals surface area contributed by atoms with Crippen molar-refractivity contribution in [2.24, 2.45) is 0 Å². The average molecular weight is 625 g/mol. The van der Waals surface area contributed by atoms with Crippen LogP contribution >= 0.6 is 11.6 Å². The van der Waals surface area contributed by atoms with E-state index >= 15 is 0 Å². The van der Waals surface area contributed by atoms with E-state index in [1.165, 1.54) is 13.0 Å². The predicted molar refractivity (Wildman–Crippen MR) is 134 cm³/mol. The lowest BCUT2D eigenvalue weighted by Crippen LogP contribution is -2.32. The molecule has 3 aromatic rings. The lowest BCUT2D eigenvalue weighted by molar-refractivity contribution is -0.143. The van der Waals surface area contributed by atoms with E-state index in [4.69, 9.17) is 16.3 Å². The van der Waals surface area contributed by atoms with Gasteiger partial charge >= 0.3 is 24.6 Å². The first-order chi connectivity index (χ1) is 19.3. The highest BCUT2D eigenvalue weighted by atomic mass is 35.5. The fourth-order valence-electron chi connectivity index (χ4n) is 4.59. The number of carbonyl (C=O) groups excluding carboxylic acids is 1. The highest BCUT2D eigenvalue weighted by Gasteiger charge is 2.44. The van der Waals surface area contributed by atoms with Gasteiger partial charge in [0.25, 0.3) is 0 Å². The van der Waals surface area contributed by atoms with E-state index in [0.717, 1.165) is 23.1 Å². The maximum absolute atomic E-state index is 13.6. The van der Waals surface area contributed by atoms with Gasteiger partial charge in [-0.25, -0.2) is 4.79 Å². The number of rotatable bonds is 5. The normalized spacial score (nSPS) is 18.1. The molecule has 0 spiro atoms. The Labute approximate surface area is 239 Å².